The molecule has 5 nitrogen and oxygen atoms in total. The van der Waals surface area contributed by atoms with Gasteiger partial charge in [-0.05, 0) is 50.6 Å². The van der Waals surface area contributed by atoms with E-state index in [0.717, 1.165) is 19.4 Å². The number of likely N-dealkylation sites (tertiary alicyclic amines) is 1. The summed E-state index contributed by atoms with van der Waals surface area (Å²) in [7, 11) is 0. The van der Waals surface area contributed by atoms with Crippen molar-refractivity contribution in [2.75, 3.05) is 25.4 Å². The molecule has 0 bridgehead atoms. The van der Waals surface area contributed by atoms with Gasteiger partial charge >= 0.3 is 0 Å². The van der Waals surface area contributed by atoms with E-state index in [2.05, 4.69) is 24.1 Å². The molecular weight excluding hydrogens is 378 g/mol. The second-order valence-corrected chi connectivity index (χ2v) is 9.59. The lowest BCUT2D eigenvalue weighted by atomic mass is 10.0. The Kier molecular flexibility index (Phi) is 7.61. The summed E-state index contributed by atoms with van der Waals surface area (Å²) in [6.07, 6.45) is 5.73. The van der Waals surface area contributed by atoms with Crippen LogP contribution in [0, 0.1) is 0 Å². The Hall–Kier alpha value is -1.05. The molecule has 2 saturated heterocycles. The summed E-state index contributed by atoms with van der Waals surface area (Å²) in [5.41, 5.74) is 0. The van der Waals surface area contributed by atoms with Crippen LogP contribution < -0.4 is 5.32 Å². The number of nitrogens with one attached hydrogen (secondary N) is 1. The van der Waals surface area contributed by atoms with Crippen molar-refractivity contribution >= 4 is 34.9 Å². The molecule has 3 rings (SSSR count). The number of carbonyl (C=O) groups is 2. The smallest absolute Gasteiger partial charge is 0.265 e. The average Bonchev–Trinajstić information content (AvgIpc) is 3.35. The highest BCUT2D eigenvalue weighted by molar-refractivity contribution is 8.00. The standard InChI is InChI=1S/C20H31N3O2S2/c1-3-18-23(20(25)17-9-6-13-26-17)16(14-27-18)19(24)21-10-7-12-22-11-5-4-8-15(22)2/h6,9,13,15-16,18H,3-5,7-8,10-12,14H2,1-2H3,(H,21,24). The second-order valence-electron chi connectivity index (χ2n) is 7.43. The Morgan fingerprint density at radius 1 is 1.33 bits per heavy atom. The largest absolute Gasteiger partial charge is 0.354 e. The van der Waals surface area contributed by atoms with Crippen molar-refractivity contribution in [3.8, 4) is 0 Å². The van der Waals surface area contributed by atoms with Gasteiger partial charge in [0.2, 0.25) is 5.91 Å². The molecule has 2 aliphatic heterocycles. The molecule has 1 N–H and O–H groups in total. The van der Waals surface area contributed by atoms with E-state index in [9.17, 15) is 9.59 Å². The molecule has 0 spiro atoms. The fourth-order valence-corrected chi connectivity index (χ4v) is 6.00. The van der Waals surface area contributed by atoms with E-state index in [1.165, 1.54) is 37.1 Å². The lowest BCUT2D eigenvalue weighted by Gasteiger charge is -2.33. The molecule has 3 heterocycles. The molecule has 0 aliphatic carbocycles. The number of hydrogen-bond acceptors (Lipinski definition) is 5. The van der Waals surface area contributed by atoms with Crippen molar-refractivity contribution in [2.45, 2.75) is 63.4 Å². The summed E-state index contributed by atoms with van der Waals surface area (Å²) in [4.78, 5) is 30.7. The first-order valence-electron chi connectivity index (χ1n) is 10.1. The molecule has 7 heteroatoms. The zero-order chi connectivity index (χ0) is 19.2. The lowest BCUT2D eigenvalue weighted by molar-refractivity contribution is -0.124. The molecule has 3 unspecified atom stereocenters. The third kappa shape index (κ3) is 5.06. The van der Waals surface area contributed by atoms with Crippen LogP contribution >= 0.6 is 23.1 Å². The molecule has 2 aliphatic rings. The highest BCUT2D eigenvalue weighted by Crippen LogP contribution is 2.33. The first-order valence-corrected chi connectivity index (χ1v) is 12.0. The molecule has 27 heavy (non-hydrogen) atoms. The average molecular weight is 410 g/mol. The second kappa shape index (κ2) is 9.94. The van der Waals surface area contributed by atoms with Crippen molar-refractivity contribution in [3.05, 3.63) is 22.4 Å². The van der Waals surface area contributed by atoms with Crippen LogP contribution in [0.3, 0.4) is 0 Å². The van der Waals surface area contributed by atoms with Crippen LogP contribution in [-0.2, 0) is 4.79 Å². The van der Waals surface area contributed by atoms with Gasteiger partial charge in [0, 0.05) is 24.9 Å². The van der Waals surface area contributed by atoms with Crippen LogP contribution in [0.5, 0.6) is 0 Å². The van der Waals surface area contributed by atoms with Gasteiger partial charge in [0.25, 0.3) is 5.91 Å². The number of carbonyl (C=O) groups excluding carboxylic acids is 2. The number of rotatable bonds is 7. The van der Waals surface area contributed by atoms with E-state index in [-0.39, 0.29) is 23.2 Å². The van der Waals surface area contributed by atoms with Gasteiger partial charge in [-0.3, -0.25) is 9.59 Å². The zero-order valence-corrected chi connectivity index (χ0v) is 18.0. The van der Waals surface area contributed by atoms with Crippen molar-refractivity contribution < 1.29 is 9.59 Å². The maximum atomic E-state index is 12.9. The normalized spacial score (nSPS) is 26.3. The van der Waals surface area contributed by atoms with Gasteiger partial charge in [-0.2, -0.15) is 0 Å². The minimum absolute atomic E-state index is 0.00458. The predicted molar refractivity (Wildman–Crippen MR) is 113 cm³/mol. The Bertz CT molecular complexity index is 623. The summed E-state index contributed by atoms with van der Waals surface area (Å²) in [5.74, 6) is 0.670. The third-order valence-electron chi connectivity index (χ3n) is 5.57. The van der Waals surface area contributed by atoms with Crippen LogP contribution in [0.15, 0.2) is 17.5 Å². The van der Waals surface area contributed by atoms with Gasteiger partial charge in [0.1, 0.15) is 6.04 Å². The van der Waals surface area contributed by atoms with Crippen molar-refractivity contribution in [2.24, 2.45) is 0 Å². The summed E-state index contributed by atoms with van der Waals surface area (Å²) < 4.78 is 0. The van der Waals surface area contributed by atoms with Crippen LogP contribution in [0.2, 0.25) is 0 Å². The Balaban J connectivity index is 1.51. The summed E-state index contributed by atoms with van der Waals surface area (Å²) >= 11 is 3.16. The van der Waals surface area contributed by atoms with Gasteiger partial charge in [-0.15, -0.1) is 23.1 Å². The zero-order valence-electron chi connectivity index (χ0n) is 16.4. The van der Waals surface area contributed by atoms with E-state index in [4.69, 9.17) is 0 Å². The molecule has 0 aromatic carbocycles. The lowest BCUT2D eigenvalue weighted by Crippen LogP contribution is -2.50. The van der Waals surface area contributed by atoms with Crippen molar-refractivity contribution in [1.29, 1.82) is 0 Å². The number of nitrogens with zero attached hydrogens (tertiary/aromatic N) is 2. The van der Waals surface area contributed by atoms with E-state index >= 15 is 0 Å². The van der Waals surface area contributed by atoms with Gasteiger partial charge < -0.3 is 15.1 Å². The minimum Gasteiger partial charge on any atom is -0.354 e. The highest BCUT2D eigenvalue weighted by Gasteiger charge is 2.41. The van der Waals surface area contributed by atoms with Gasteiger partial charge in [0.15, 0.2) is 0 Å². The summed E-state index contributed by atoms with van der Waals surface area (Å²) in [5, 5.41) is 5.08. The Morgan fingerprint density at radius 3 is 2.89 bits per heavy atom. The SMILES string of the molecule is CCC1SCC(C(=O)NCCCN2CCCCC2C)N1C(=O)c1cccs1. The number of thioether (sulfide) groups is 1. The number of thiophene rings is 1. The van der Waals surface area contributed by atoms with Crippen LogP contribution in [-0.4, -0.2) is 64.5 Å². The summed E-state index contributed by atoms with van der Waals surface area (Å²) in [6, 6.07) is 4.03. The molecule has 2 fully saturated rings. The molecule has 1 aromatic heterocycles. The number of amides is 2. The molecule has 1 aromatic rings. The van der Waals surface area contributed by atoms with Crippen molar-refractivity contribution in [3.63, 3.8) is 0 Å². The van der Waals surface area contributed by atoms with Gasteiger partial charge in [-0.25, -0.2) is 0 Å². The predicted octanol–water partition coefficient (Wildman–Crippen LogP) is 3.42. The maximum Gasteiger partial charge on any atom is 0.265 e. The van der Waals surface area contributed by atoms with Crippen molar-refractivity contribution in [1.82, 2.24) is 15.1 Å². The first-order chi connectivity index (χ1) is 13.1. The quantitative estimate of drug-likeness (QED) is 0.701. The Labute approximate surface area is 170 Å². The topological polar surface area (TPSA) is 52.7 Å². The van der Waals surface area contributed by atoms with Crippen LogP contribution in [0.25, 0.3) is 0 Å². The van der Waals surface area contributed by atoms with E-state index in [1.807, 2.05) is 17.5 Å². The molecule has 2 amide bonds. The molecular formula is C20H31N3O2S2. The number of hydrogen-bond donors (Lipinski definition) is 1. The monoisotopic (exact) mass is 409 g/mol. The molecule has 150 valence electrons. The molecule has 0 saturated carbocycles. The fourth-order valence-electron chi connectivity index (χ4n) is 3.98. The third-order valence-corrected chi connectivity index (χ3v) is 7.88. The van der Waals surface area contributed by atoms with Crippen LogP contribution in [0.4, 0.5) is 0 Å². The van der Waals surface area contributed by atoms with Gasteiger partial charge in [-0.1, -0.05) is 19.4 Å². The molecule has 3 atom stereocenters. The first kappa shape index (κ1) is 20.7. The van der Waals surface area contributed by atoms with Crippen LogP contribution in [0.1, 0.15) is 55.6 Å². The van der Waals surface area contributed by atoms with Gasteiger partial charge in [0.05, 0.1) is 10.3 Å². The maximum absolute atomic E-state index is 12.9. The minimum atomic E-state index is -0.358. The van der Waals surface area contributed by atoms with E-state index in [0.29, 0.717) is 23.2 Å². The number of piperidine rings is 1. The highest BCUT2D eigenvalue weighted by atomic mass is 32.2. The summed E-state index contributed by atoms with van der Waals surface area (Å²) in [6.45, 7) is 7.27. The fraction of sp³-hybridized carbons (Fsp3) is 0.700. The van der Waals surface area contributed by atoms with E-state index < -0.39 is 0 Å². The molecule has 0 radical (unpaired) electrons. The Morgan fingerprint density at radius 2 is 2.19 bits per heavy atom. The van der Waals surface area contributed by atoms with E-state index in [1.54, 1.807) is 16.7 Å².